The molecule has 2 aromatic rings. The van der Waals surface area contributed by atoms with Crippen molar-refractivity contribution in [3.63, 3.8) is 0 Å². The average molecular weight is 322 g/mol. The number of hydrogen-bond donors (Lipinski definition) is 1. The summed E-state index contributed by atoms with van der Waals surface area (Å²) >= 11 is 0. The summed E-state index contributed by atoms with van der Waals surface area (Å²) in [6.45, 7) is 4.09. The Bertz CT molecular complexity index is 687. The Hall–Kier alpha value is -2.53. The number of carbonyl (C=O) groups excluding carboxylic acids is 1. The third-order valence-corrected chi connectivity index (χ3v) is 4.38. The van der Waals surface area contributed by atoms with Crippen LogP contribution in [0, 0.1) is 0 Å². The summed E-state index contributed by atoms with van der Waals surface area (Å²) in [7, 11) is 0. The third kappa shape index (κ3) is 4.26. The molecule has 0 bridgehead atoms. The maximum absolute atomic E-state index is 12.1. The van der Waals surface area contributed by atoms with E-state index in [2.05, 4.69) is 51.4 Å². The minimum absolute atomic E-state index is 0.0835. The Balaban J connectivity index is 1.51. The Morgan fingerprint density at radius 3 is 2.92 bits per heavy atom. The van der Waals surface area contributed by atoms with Gasteiger partial charge in [-0.25, -0.2) is 0 Å². The molecule has 0 spiro atoms. The second-order valence-electron chi connectivity index (χ2n) is 6.04. The lowest BCUT2D eigenvalue weighted by molar-refractivity contribution is -0.117. The van der Waals surface area contributed by atoms with Crippen LogP contribution in [0.5, 0.6) is 0 Å². The van der Waals surface area contributed by atoms with Gasteiger partial charge >= 0.3 is 0 Å². The summed E-state index contributed by atoms with van der Waals surface area (Å²) in [5, 5.41) is 3.07. The molecule has 0 saturated carbocycles. The summed E-state index contributed by atoms with van der Waals surface area (Å²) in [6.07, 6.45) is 9.02. The monoisotopic (exact) mass is 322 g/mol. The number of benzene rings is 1. The van der Waals surface area contributed by atoms with E-state index in [0.29, 0.717) is 11.7 Å². The van der Waals surface area contributed by atoms with E-state index in [1.165, 1.54) is 11.6 Å². The molecule has 1 aliphatic rings. The van der Waals surface area contributed by atoms with Crippen LogP contribution >= 0.6 is 0 Å². The molecule has 2 atom stereocenters. The number of nitrogens with zero attached hydrogens (tertiary/aromatic N) is 3. The van der Waals surface area contributed by atoms with Gasteiger partial charge in [0.15, 0.2) is 0 Å². The summed E-state index contributed by atoms with van der Waals surface area (Å²) in [4.78, 5) is 22.5. The molecular formula is C19H22N4O. The van der Waals surface area contributed by atoms with Crippen molar-refractivity contribution in [3.05, 3.63) is 66.3 Å². The Kier molecular flexibility index (Phi) is 5.33. The standard InChI is InChI=1S/C19H22N4O/c1-15(16-5-3-2-4-6-16)23-12-9-18(14-23)22-19(24)8-7-17-13-20-10-11-21-17/h2-8,10-11,13,15,18H,9,12,14H2,1H3,(H,22,24). The highest BCUT2D eigenvalue weighted by Gasteiger charge is 2.27. The fraction of sp³-hybridized carbons (Fsp3) is 0.316. The molecule has 1 N–H and O–H groups in total. The van der Waals surface area contributed by atoms with Crippen molar-refractivity contribution in [2.45, 2.75) is 25.4 Å². The zero-order valence-corrected chi connectivity index (χ0v) is 13.8. The minimum Gasteiger partial charge on any atom is -0.348 e. The van der Waals surface area contributed by atoms with Gasteiger partial charge in [0.2, 0.25) is 5.91 Å². The van der Waals surface area contributed by atoms with Gasteiger partial charge in [0.1, 0.15) is 0 Å². The highest BCUT2D eigenvalue weighted by molar-refractivity contribution is 5.91. The molecule has 3 rings (SSSR count). The van der Waals surface area contributed by atoms with Crippen LogP contribution in [0.25, 0.3) is 6.08 Å². The molecule has 0 radical (unpaired) electrons. The van der Waals surface area contributed by atoms with Crippen LogP contribution in [0.2, 0.25) is 0 Å². The van der Waals surface area contributed by atoms with Crippen LogP contribution in [0.15, 0.2) is 55.0 Å². The van der Waals surface area contributed by atoms with E-state index in [9.17, 15) is 4.79 Å². The molecule has 2 heterocycles. The van der Waals surface area contributed by atoms with E-state index in [1.54, 1.807) is 24.7 Å². The van der Waals surface area contributed by atoms with Gasteiger partial charge in [-0.3, -0.25) is 19.7 Å². The van der Waals surface area contributed by atoms with Crippen LogP contribution in [0.3, 0.4) is 0 Å². The SMILES string of the molecule is CC(c1ccccc1)N1CCC(NC(=O)C=Cc2cnccn2)C1. The smallest absolute Gasteiger partial charge is 0.244 e. The normalized spacial score (nSPS) is 19.5. The van der Waals surface area contributed by atoms with Crippen molar-refractivity contribution in [2.24, 2.45) is 0 Å². The second-order valence-corrected chi connectivity index (χ2v) is 6.04. The van der Waals surface area contributed by atoms with Gasteiger partial charge in [-0.1, -0.05) is 30.3 Å². The summed E-state index contributed by atoms with van der Waals surface area (Å²) < 4.78 is 0. The fourth-order valence-electron chi connectivity index (χ4n) is 3.01. The van der Waals surface area contributed by atoms with Gasteiger partial charge in [-0.05, 0) is 25.0 Å². The summed E-state index contributed by atoms with van der Waals surface area (Å²) in [5.74, 6) is -0.0835. The van der Waals surface area contributed by atoms with Gasteiger partial charge in [0.25, 0.3) is 0 Å². The van der Waals surface area contributed by atoms with Crippen molar-refractivity contribution in [3.8, 4) is 0 Å². The lowest BCUT2D eigenvalue weighted by Crippen LogP contribution is -2.36. The van der Waals surface area contributed by atoms with Gasteiger partial charge in [-0.2, -0.15) is 0 Å². The van der Waals surface area contributed by atoms with E-state index >= 15 is 0 Å². The van der Waals surface area contributed by atoms with Gasteiger partial charge < -0.3 is 5.32 Å². The molecule has 1 aromatic heterocycles. The lowest BCUT2D eigenvalue weighted by Gasteiger charge is -2.24. The molecule has 1 amide bonds. The quantitative estimate of drug-likeness (QED) is 0.859. The highest BCUT2D eigenvalue weighted by Crippen LogP contribution is 2.24. The summed E-state index contributed by atoms with van der Waals surface area (Å²) in [5.41, 5.74) is 1.99. The number of carbonyl (C=O) groups is 1. The van der Waals surface area contributed by atoms with E-state index in [-0.39, 0.29) is 11.9 Å². The molecular weight excluding hydrogens is 300 g/mol. The Morgan fingerprint density at radius 1 is 1.33 bits per heavy atom. The van der Waals surface area contributed by atoms with E-state index in [0.717, 1.165) is 19.5 Å². The predicted molar refractivity (Wildman–Crippen MR) is 94.0 cm³/mol. The predicted octanol–water partition coefficient (Wildman–Crippen LogP) is 2.44. The topological polar surface area (TPSA) is 58.1 Å². The maximum Gasteiger partial charge on any atom is 0.244 e. The van der Waals surface area contributed by atoms with Crippen molar-refractivity contribution in [2.75, 3.05) is 13.1 Å². The first-order valence-electron chi connectivity index (χ1n) is 8.26. The Labute approximate surface area is 142 Å². The first-order valence-corrected chi connectivity index (χ1v) is 8.26. The molecule has 0 aliphatic carbocycles. The molecule has 124 valence electrons. The number of nitrogens with one attached hydrogen (secondary N) is 1. The van der Waals surface area contributed by atoms with Crippen LogP contribution in [0.4, 0.5) is 0 Å². The zero-order valence-electron chi connectivity index (χ0n) is 13.8. The molecule has 2 unspecified atom stereocenters. The number of aromatic nitrogens is 2. The molecule has 1 fully saturated rings. The number of amides is 1. The van der Waals surface area contributed by atoms with Crippen LogP contribution in [-0.4, -0.2) is 39.9 Å². The number of likely N-dealkylation sites (tertiary alicyclic amines) is 1. The largest absolute Gasteiger partial charge is 0.348 e. The van der Waals surface area contributed by atoms with Crippen LogP contribution < -0.4 is 5.32 Å². The first-order chi connectivity index (χ1) is 11.7. The fourth-order valence-corrected chi connectivity index (χ4v) is 3.01. The van der Waals surface area contributed by atoms with E-state index in [1.807, 2.05) is 6.07 Å². The third-order valence-electron chi connectivity index (χ3n) is 4.38. The number of hydrogen-bond acceptors (Lipinski definition) is 4. The highest BCUT2D eigenvalue weighted by atomic mass is 16.1. The maximum atomic E-state index is 12.1. The first kappa shape index (κ1) is 16.3. The van der Waals surface area contributed by atoms with E-state index in [4.69, 9.17) is 0 Å². The molecule has 5 nitrogen and oxygen atoms in total. The molecule has 1 aromatic carbocycles. The van der Waals surface area contributed by atoms with Crippen LogP contribution in [0.1, 0.15) is 30.6 Å². The molecule has 24 heavy (non-hydrogen) atoms. The van der Waals surface area contributed by atoms with Crippen molar-refractivity contribution >= 4 is 12.0 Å². The van der Waals surface area contributed by atoms with Crippen LogP contribution in [-0.2, 0) is 4.79 Å². The zero-order chi connectivity index (χ0) is 16.8. The van der Waals surface area contributed by atoms with E-state index < -0.39 is 0 Å². The summed E-state index contributed by atoms with van der Waals surface area (Å²) in [6, 6.07) is 11.0. The Morgan fingerprint density at radius 2 is 2.17 bits per heavy atom. The molecule has 5 heteroatoms. The minimum atomic E-state index is -0.0835. The van der Waals surface area contributed by atoms with Gasteiger partial charge in [0, 0.05) is 43.6 Å². The lowest BCUT2D eigenvalue weighted by atomic mass is 10.1. The van der Waals surface area contributed by atoms with Gasteiger partial charge in [-0.15, -0.1) is 0 Å². The molecule has 1 saturated heterocycles. The second kappa shape index (κ2) is 7.84. The average Bonchev–Trinajstić information content (AvgIpc) is 3.09. The number of rotatable bonds is 5. The van der Waals surface area contributed by atoms with Crippen molar-refractivity contribution in [1.82, 2.24) is 20.2 Å². The van der Waals surface area contributed by atoms with Crippen molar-refractivity contribution in [1.29, 1.82) is 0 Å². The van der Waals surface area contributed by atoms with Gasteiger partial charge in [0.05, 0.1) is 11.9 Å². The van der Waals surface area contributed by atoms with Crippen molar-refractivity contribution < 1.29 is 4.79 Å². The molecule has 1 aliphatic heterocycles.